The highest BCUT2D eigenvalue weighted by atomic mass is 16.6. The summed E-state index contributed by atoms with van der Waals surface area (Å²) in [5, 5.41) is 0. The van der Waals surface area contributed by atoms with E-state index in [4.69, 9.17) is 14.2 Å². The molecule has 0 aliphatic carbocycles. The third-order valence-corrected chi connectivity index (χ3v) is 11.8. The van der Waals surface area contributed by atoms with Crippen molar-refractivity contribution < 1.29 is 28.6 Å². The van der Waals surface area contributed by atoms with Crippen molar-refractivity contribution in [3.8, 4) is 0 Å². The summed E-state index contributed by atoms with van der Waals surface area (Å²) in [4.78, 5) is 38.0. The van der Waals surface area contributed by atoms with Crippen molar-refractivity contribution in [3.05, 3.63) is 109 Å². The van der Waals surface area contributed by atoms with Gasteiger partial charge < -0.3 is 14.2 Å². The molecule has 0 heterocycles. The van der Waals surface area contributed by atoms with E-state index in [0.29, 0.717) is 19.3 Å². The van der Waals surface area contributed by atoms with Gasteiger partial charge in [0, 0.05) is 19.3 Å². The van der Waals surface area contributed by atoms with Crippen LogP contribution in [0.4, 0.5) is 0 Å². The van der Waals surface area contributed by atoms with Crippen molar-refractivity contribution in [3.63, 3.8) is 0 Å². The van der Waals surface area contributed by atoms with E-state index in [9.17, 15) is 14.4 Å². The minimum Gasteiger partial charge on any atom is -0.462 e. The lowest BCUT2D eigenvalue weighted by molar-refractivity contribution is -0.166. The second-order valence-corrected chi connectivity index (χ2v) is 18.5. The molecule has 0 amide bonds. The minimum absolute atomic E-state index is 0.111. The highest BCUT2D eigenvalue weighted by Crippen LogP contribution is 2.14. The van der Waals surface area contributed by atoms with Crippen molar-refractivity contribution >= 4 is 17.9 Å². The lowest BCUT2D eigenvalue weighted by Gasteiger charge is -2.18. The first kappa shape index (κ1) is 65.1. The summed E-state index contributed by atoms with van der Waals surface area (Å²) in [6, 6.07) is 0. The van der Waals surface area contributed by atoms with Crippen LogP contribution in [0.5, 0.6) is 0 Å². The number of allylic oxidation sites excluding steroid dienone is 18. The SMILES string of the molecule is CC/C=C\C/C=C\C/C=C\C/C=C\C/C=C\C/C=C\CCC(=O)OC(COC(=O)CCCCCCCCCCC)COC(=O)CCCCCCCCCC/C=C\C/C=C\C/C=C\CCCCCCC. The molecule has 0 radical (unpaired) electrons. The van der Waals surface area contributed by atoms with Crippen LogP contribution in [0.25, 0.3) is 0 Å². The van der Waals surface area contributed by atoms with Crippen molar-refractivity contribution in [2.24, 2.45) is 0 Å². The van der Waals surface area contributed by atoms with Crippen LogP contribution in [0, 0.1) is 0 Å². The molecular weight excluding hydrogens is 853 g/mol. The van der Waals surface area contributed by atoms with Crippen LogP contribution in [0.15, 0.2) is 109 Å². The number of esters is 3. The monoisotopic (exact) mass is 957 g/mol. The lowest BCUT2D eigenvalue weighted by atomic mass is 10.1. The first-order valence-corrected chi connectivity index (χ1v) is 28.4. The quantitative estimate of drug-likeness (QED) is 0.0262. The summed E-state index contributed by atoms with van der Waals surface area (Å²) in [5.74, 6) is -1.01. The summed E-state index contributed by atoms with van der Waals surface area (Å²) in [6.07, 6.45) is 76.7. The van der Waals surface area contributed by atoms with E-state index in [0.717, 1.165) is 96.3 Å². The highest BCUT2D eigenvalue weighted by molar-refractivity contribution is 5.71. The molecule has 0 aliphatic heterocycles. The molecule has 69 heavy (non-hydrogen) atoms. The molecule has 0 aliphatic rings. The first-order chi connectivity index (χ1) is 34.0. The Balaban J connectivity index is 4.40. The fourth-order valence-electron chi connectivity index (χ4n) is 7.53. The first-order valence-electron chi connectivity index (χ1n) is 28.4. The number of carbonyl (C=O) groups is 3. The molecule has 0 aromatic rings. The van der Waals surface area contributed by atoms with Gasteiger partial charge in [0.2, 0.25) is 0 Å². The predicted octanol–water partition coefficient (Wildman–Crippen LogP) is 19.1. The molecule has 1 atom stereocenters. The average molecular weight is 958 g/mol. The molecule has 0 spiro atoms. The van der Waals surface area contributed by atoms with Gasteiger partial charge >= 0.3 is 17.9 Å². The average Bonchev–Trinajstić information content (AvgIpc) is 3.35. The second-order valence-electron chi connectivity index (χ2n) is 18.5. The zero-order chi connectivity index (χ0) is 50.0. The van der Waals surface area contributed by atoms with Crippen LogP contribution in [-0.4, -0.2) is 37.2 Å². The van der Waals surface area contributed by atoms with E-state index < -0.39 is 12.1 Å². The van der Waals surface area contributed by atoms with Gasteiger partial charge in [-0.3, -0.25) is 14.4 Å². The number of ether oxygens (including phenoxy) is 3. The third-order valence-electron chi connectivity index (χ3n) is 11.8. The molecular formula is C63H104O6. The van der Waals surface area contributed by atoms with Crippen LogP contribution in [-0.2, 0) is 28.6 Å². The fourth-order valence-corrected chi connectivity index (χ4v) is 7.53. The number of hydrogen-bond acceptors (Lipinski definition) is 6. The number of unbranched alkanes of at least 4 members (excludes halogenated alkanes) is 21. The third kappa shape index (κ3) is 54.9. The second kappa shape index (κ2) is 56.7. The minimum atomic E-state index is -0.821. The van der Waals surface area contributed by atoms with Gasteiger partial charge in [0.05, 0.1) is 0 Å². The highest BCUT2D eigenvalue weighted by Gasteiger charge is 2.19. The summed E-state index contributed by atoms with van der Waals surface area (Å²) in [5.41, 5.74) is 0. The Kier molecular flexibility index (Phi) is 53.4. The predicted molar refractivity (Wildman–Crippen MR) is 297 cm³/mol. The molecule has 0 rings (SSSR count). The Morgan fingerprint density at radius 3 is 0.942 bits per heavy atom. The molecule has 0 saturated heterocycles. The normalized spacial score (nSPS) is 12.9. The molecule has 0 fully saturated rings. The van der Waals surface area contributed by atoms with Gasteiger partial charge in [0.1, 0.15) is 13.2 Å². The summed E-state index contributed by atoms with van der Waals surface area (Å²) < 4.78 is 16.7. The van der Waals surface area contributed by atoms with Crippen molar-refractivity contribution in [1.29, 1.82) is 0 Å². The van der Waals surface area contributed by atoms with E-state index in [1.54, 1.807) is 0 Å². The largest absolute Gasteiger partial charge is 0.462 e. The van der Waals surface area contributed by atoms with Gasteiger partial charge in [-0.05, 0) is 96.3 Å². The molecule has 0 aromatic heterocycles. The Morgan fingerprint density at radius 2 is 0.594 bits per heavy atom. The molecule has 0 saturated carbocycles. The maximum Gasteiger partial charge on any atom is 0.306 e. The lowest BCUT2D eigenvalue weighted by Crippen LogP contribution is -2.30. The van der Waals surface area contributed by atoms with Crippen molar-refractivity contribution in [1.82, 2.24) is 0 Å². The van der Waals surface area contributed by atoms with Gasteiger partial charge in [-0.25, -0.2) is 0 Å². The number of carbonyl (C=O) groups excluding carboxylic acids is 3. The molecule has 0 N–H and O–H groups in total. The van der Waals surface area contributed by atoms with Crippen LogP contribution in [0.1, 0.15) is 252 Å². The molecule has 6 heteroatoms. The number of hydrogen-bond donors (Lipinski definition) is 0. The van der Waals surface area contributed by atoms with Crippen LogP contribution < -0.4 is 0 Å². The van der Waals surface area contributed by atoms with Crippen LogP contribution in [0.2, 0.25) is 0 Å². The summed E-state index contributed by atoms with van der Waals surface area (Å²) in [6.45, 7) is 6.42. The van der Waals surface area contributed by atoms with E-state index in [2.05, 4.69) is 118 Å². The van der Waals surface area contributed by atoms with Gasteiger partial charge in [-0.15, -0.1) is 0 Å². The van der Waals surface area contributed by atoms with E-state index in [-0.39, 0.29) is 31.6 Å². The molecule has 0 bridgehead atoms. The molecule has 0 aromatic carbocycles. The standard InChI is InChI=1S/C63H104O6/c1-4-7-10-13-16-19-21-23-25-27-29-30-31-32-34-35-37-39-41-44-47-50-53-56-62(65)68-59-60(58-67-61(64)55-52-49-46-43-18-15-12-9-6-3)69-63(66)57-54-51-48-45-42-40-38-36-33-28-26-24-22-20-17-14-11-8-5-2/h8,11,17,20-21,23-24,26-27,29,31-33,36,40,42,48,51,60H,4-7,9-10,12-16,18-19,22,25,28,30,34-35,37-39,41,43-47,49-50,52-59H2,1-3H3/b11-8-,20-17-,23-21-,26-24-,29-27-,32-31-,36-33-,42-40-,51-48-. The summed E-state index contributed by atoms with van der Waals surface area (Å²) >= 11 is 0. The molecule has 1 unspecified atom stereocenters. The van der Waals surface area contributed by atoms with E-state index in [1.165, 1.54) is 109 Å². The fraction of sp³-hybridized carbons (Fsp3) is 0.667. The van der Waals surface area contributed by atoms with Gasteiger partial charge in [0.15, 0.2) is 6.10 Å². The van der Waals surface area contributed by atoms with Crippen molar-refractivity contribution in [2.45, 2.75) is 258 Å². The van der Waals surface area contributed by atoms with Gasteiger partial charge in [-0.1, -0.05) is 246 Å². The Hall–Kier alpha value is -3.93. The Morgan fingerprint density at radius 1 is 0.304 bits per heavy atom. The van der Waals surface area contributed by atoms with E-state index >= 15 is 0 Å². The van der Waals surface area contributed by atoms with Crippen molar-refractivity contribution in [2.75, 3.05) is 13.2 Å². The van der Waals surface area contributed by atoms with Gasteiger partial charge in [-0.2, -0.15) is 0 Å². The number of rotatable bonds is 50. The Bertz CT molecular complexity index is 1420. The topological polar surface area (TPSA) is 78.9 Å². The van der Waals surface area contributed by atoms with Gasteiger partial charge in [0.25, 0.3) is 0 Å². The summed E-state index contributed by atoms with van der Waals surface area (Å²) in [7, 11) is 0. The zero-order valence-corrected chi connectivity index (χ0v) is 44.8. The van der Waals surface area contributed by atoms with Crippen LogP contribution >= 0.6 is 0 Å². The van der Waals surface area contributed by atoms with E-state index in [1.807, 2.05) is 12.2 Å². The molecule has 6 nitrogen and oxygen atoms in total. The maximum atomic E-state index is 12.8. The maximum absolute atomic E-state index is 12.8. The molecule has 392 valence electrons. The smallest absolute Gasteiger partial charge is 0.306 e. The zero-order valence-electron chi connectivity index (χ0n) is 44.8. The Labute approximate surface area is 425 Å². The van der Waals surface area contributed by atoms with Crippen LogP contribution in [0.3, 0.4) is 0 Å².